The molecule has 2 aromatic rings. The van der Waals surface area contributed by atoms with Crippen LogP contribution in [0.5, 0.6) is 0 Å². The van der Waals surface area contributed by atoms with Crippen molar-refractivity contribution in [2.75, 3.05) is 5.32 Å². The van der Waals surface area contributed by atoms with E-state index in [2.05, 4.69) is 31.2 Å². The smallest absolute Gasteiger partial charge is 0.225 e. The van der Waals surface area contributed by atoms with Crippen molar-refractivity contribution in [3.05, 3.63) is 26.7 Å². The number of aromatic nitrogens is 2. The van der Waals surface area contributed by atoms with Crippen LogP contribution in [0.4, 0.5) is 14.6 Å². The van der Waals surface area contributed by atoms with Gasteiger partial charge in [-0.15, -0.1) is 0 Å². The van der Waals surface area contributed by atoms with Crippen molar-refractivity contribution in [1.82, 2.24) is 9.97 Å². The van der Waals surface area contributed by atoms with Crippen LogP contribution in [0.25, 0.3) is 10.9 Å². The average Bonchev–Trinajstić information content (AvgIpc) is 3.04. The number of benzene rings is 1. The molecule has 3 rings (SSSR count). The fourth-order valence-electron chi connectivity index (χ4n) is 1.74. The topological polar surface area (TPSA) is 37.8 Å². The number of nitrogens with one attached hydrogen (secondary N) is 1. The molecule has 2 atom stereocenters. The van der Waals surface area contributed by atoms with Crippen molar-refractivity contribution in [2.24, 2.45) is 0 Å². The van der Waals surface area contributed by atoms with Gasteiger partial charge in [0.1, 0.15) is 17.5 Å². The molecular formula is C11H6BrCl2F2N3. The molecule has 1 N–H and O–H groups in total. The highest BCUT2D eigenvalue weighted by molar-refractivity contribution is 9.10. The van der Waals surface area contributed by atoms with E-state index >= 15 is 0 Å². The first-order chi connectivity index (χ1) is 8.97. The Balaban J connectivity index is 2.20. The van der Waals surface area contributed by atoms with Gasteiger partial charge in [-0.1, -0.05) is 11.6 Å². The van der Waals surface area contributed by atoms with Gasteiger partial charge < -0.3 is 5.32 Å². The summed E-state index contributed by atoms with van der Waals surface area (Å²) in [5.74, 6) is -0.337. The normalized spacial score (nSPS) is 21.7. The van der Waals surface area contributed by atoms with E-state index in [0.717, 1.165) is 0 Å². The van der Waals surface area contributed by atoms with E-state index in [9.17, 15) is 8.78 Å². The highest BCUT2D eigenvalue weighted by Crippen LogP contribution is 2.36. The van der Waals surface area contributed by atoms with E-state index in [1.807, 2.05) is 0 Å². The van der Waals surface area contributed by atoms with E-state index in [1.54, 1.807) is 0 Å². The Bertz CT molecular complexity index is 683. The molecule has 1 aromatic heterocycles. The van der Waals surface area contributed by atoms with Crippen LogP contribution in [0.3, 0.4) is 0 Å². The van der Waals surface area contributed by atoms with Crippen molar-refractivity contribution >= 4 is 55.9 Å². The summed E-state index contributed by atoms with van der Waals surface area (Å²) in [6.07, 6.45) is -0.518. The van der Waals surface area contributed by atoms with E-state index in [1.165, 1.54) is 6.07 Å². The average molecular weight is 369 g/mol. The van der Waals surface area contributed by atoms with E-state index in [0.29, 0.717) is 11.8 Å². The first kappa shape index (κ1) is 13.3. The molecule has 3 nitrogen and oxygen atoms in total. The number of nitrogens with zero attached hydrogens (tertiary/aromatic N) is 2. The second-order valence-corrected chi connectivity index (χ2v) is 5.76. The van der Waals surface area contributed by atoms with Crippen LogP contribution < -0.4 is 5.32 Å². The van der Waals surface area contributed by atoms with Gasteiger partial charge in [0.15, 0.2) is 5.82 Å². The summed E-state index contributed by atoms with van der Waals surface area (Å²) in [5.41, 5.74) is 0.0369. The van der Waals surface area contributed by atoms with Crippen LogP contribution in [-0.2, 0) is 0 Å². The molecule has 1 aliphatic carbocycles. The van der Waals surface area contributed by atoms with Crippen LogP contribution in [-0.4, -0.2) is 22.2 Å². The van der Waals surface area contributed by atoms with E-state index in [-0.39, 0.29) is 32.2 Å². The summed E-state index contributed by atoms with van der Waals surface area (Å²) in [4.78, 5) is 7.81. The second kappa shape index (κ2) is 4.68. The van der Waals surface area contributed by atoms with Gasteiger partial charge in [-0.3, -0.25) is 0 Å². The molecule has 19 heavy (non-hydrogen) atoms. The molecule has 1 fully saturated rings. The third-order valence-electron chi connectivity index (χ3n) is 2.83. The Labute approximate surface area is 125 Å². The zero-order valence-corrected chi connectivity index (χ0v) is 12.3. The fraction of sp³-hybridized carbons (Fsp3) is 0.273. The van der Waals surface area contributed by atoms with Crippen molar-refractivity contribution in [1.29, 1.82) is 0 Å². The highest BCUT2D eigenvalue weighted by atomic mass is 79.9. The Kier molecular flexibility index (Phi) is 3.27. The number of halogens is 5. The Morgan fingerprint density at radius 1 is 1.37 bits per heavy atom. The van der Waals surface area contributed by atoms with Gasteiger partial charge in [0, 0.05) is 11.8 Å². The first-order valence-corrected chi connectivity index (χ1v) is 6.93. The Morgan fingerprint density at radius 2 is 2.05 bits per heavy atom. The van der Waals surface area contributed by atoms with Crippen LogP contribution in [0.1, 0.15) is 6.42 Å². The molecule has 0 bridgehead atoms. The number of hydrogen-bond donors (Lipinski definition) is 1. The van der Waals surface area contributed by atoms with Gasteiger partial charge in [0.25, 0.3) is 0 Å². The molecule has 1 heterocycles. The van der Waals surface area contributed by atoms with Crippen molar-refractivity contribution in [3.63, 3.8) is 0 Å². The standard InChI is InChI=1S/C11H6BrCl2F2N3/c12-7-4(13)1-3-9(8(7)16)18-11(14)19-10(3)17-6-2-5(6)15/h1,5-6H,2H2,(H,17,18,19)/t5-,6-/m0/s1. The molecule has 0 amide bonds. The lowest BCUT2D eigenvalue weighted by Crippen LogP contribution is -2.08. The van der Waals surface area contributed by atoms with E-state index in [4.69, 9.17) is 23.2 Å². The molecule has 1 aromatic carbocycles. The first-order valence-electron chi connectivity index (χ1n) is 5.38. The molecule has 0 unspecified atom stereocenters. The third-order valence-corrected chi connectivity index (χ3v) is 4.31. The van der Waals surface area contributed by atoms with Gasteiger partial charge in [-0.05, 0) is 33.6 Å². The van der Waals surface area contributed by atoms with Crippen LogP contribution in [0, 0.1) is 5.82 Å². The quantitative estimate of drug-likeness (QED) is 0.632. The third kappa shape index (κ3) is 2.37. The highest BCUT2D eigenvalue weighted by Gasteiger charge is 2.38. The fourth-order valence-corrected chi connectivity index (χ4v) is 2.41. The van der Waals surface area contributed by atoms with Crippen LogP contribution in [0.15, 0.2) is 10.5 Å². The van der Waals surface area contributed by atoms with Crippen LogP contribution >= 0.6 is 39.1 Å². The molecule has 0 radical (unpaired) electrons. The van der Waals surface area contributed by atoms with Gasteiger partial charge in [0.2, 0.25) is 5.28 Å². The summed E-state index contributed by atoms with van der Waals surface area (Å²) >= 11 is 14.7. The Morgan fingerprint density at radius 3 is 2.68 bits per heavy atom. The predicted octanol–water partition coefficient (Wildman–Crippen LogP) is 4.36. The lowest BCUT2D eigenvalue weighted by molar-refractivity contribution is 0.472. The van der Waals surface area contributed by atoms with Gasteiger partial charge in [-0.2, -0.15) is 0 Å². The van der Waals surface area contributed by atoms with Gasteiger partial charge >= 0.3 is 0 Å². The number of alkyl halides is 1. The summed E-state index contributed by atoms with van der Waals surface area (Å²) in [7, 11) is 0. The maximum atomic E-state index is 14.1. The minimum Gasteiger partial charge on any atom is -0.364 e. The molecular weight excluding hydrogens is 363 g/mol. The molecule has 0 saturated heterocycles. The zero-order valence-electron chi connectivity index (χ0n) is 9.22. The molecule has 1 aliphatic rings. The van der Waals surface area contributed by atoms with Gasteiger partial charge in [0.05, 0.1) is 15.5 Å². The van der Waals surface area contributed by atoms with Crippen molar-refractivity contribution in [2.45, 2.75) is 18.6 Å². The number of rotatable bonds is 2. The SMILES string of the molecule is Fc1c(Br)c(Cl)cc2c(N[C@H]3C[C@@H]3F)nc(Cl)nc12. The maximum Gasteiger partial charge on any atom is 0.225 e. The minimum absolute atomic E-state index is 0.0369. The Hall–Kier alpha value is -0.720. The zero-order chi connectivity index (χ0) is 13.7. The lowest BCUT2D eigenvalue weighted by atomic mass is 10.2. The molecule has 100 valence electrons. The molecule has 0 spiro atoms. The molecule has 8 heteroatoms. The monoisotopic (exact) mass is 367 g/mol. The van der Waals surface area contributed by atoms with Crippen LogP contribution in [0.2, 0.25) is 10.3 Å². The van der Waals surface area contributed by atoms with Crippen molar-refractivity contribution in [3.8, 4) is 0 Å². The largest absolute Gasteiger partial charge is 0.364 e. The minimum atomic E-state index is -0.917. The molecule has 1 saturated carbocycles. The van der Waals surface area contributed by atoms with E-state index < -0.39 is 12.0 Å². The number of hydrogen-bond acceptors (Lipinski definition) is 3. The lowest BCUT2D eigenvalue weighted by Gasteiger charge is -2.10. The summed E-state index contributed by atoms with van der Waals surface area (Å²) in [6.45, 7) is 0. The van der Waals surface area contributed by atoms with Gasteiger partial charge in [-0.25, -0.2) is 18.7 Å². The summed E-state index contributed by atoms with van der Waals surface area (Å²) < 4.78 is 27.1. The second-order valence-electron chi connectivity index (χ2n) is 4.23. The predicted molar refractivity (Wildman–Crippen MR) is 74.1 cm³/mol. The summed E-state index contributed by atoms with van der Waals surface area (Å²) in [6, 6.07) is 1.19. The number of anilines is 1. The summed E-state index contributed by atoms with van der Waals surface area (Å²) in [5, 5.41) is 3.32. The maximum absolute atomic E-state index is 14.1. The molecule has 0 aliphatic heterocycles. The van der Waals surface area contributed by atoms with Crippen molar-refractivity contribution < 1.29 is 8.78 Å². The number of fused-ring (bicyclic) bond motifs is 1.